The van der Waals surface area contributed by atoms with Gasteiger partial charge >= 0.3 is 0 Å². The Kier molecular flexibility index (Phi) is 6.35. The normalized spacial score (nSPS) is 9.88. The van der Waals surface area contributed by atoms with E-state index in [1.54, 1.807) is 0 Å². The first kappa shape index (κ1) is 17.7. The van der Waals surface area contributed by atoms with Crippen molar-refractivity contribution in [1.82, 2.24) is 0 Å². The standard InChI is InChI=1S/C25H23N/c26-20-21-12-4-2-1-3-5-14-22-16-8-9-17-23(15-7-6-13-21)25-19-11-10-18-24(22)25/h1-19H,20,26H2. The van der Waals surface area contributed by atoms with Crippen molar-refractivity contribution in [1.29, 1.82) is 0 Å². The molecule has 1 aromatic rings. The molecule has 0 aliphatic heterocycles. The van der Waals surface area contributed by atoms with Gasteiger partial charge in [-0.25, -0.2) is 0 Å². The van der Waals surface area contributed by atoms with Crippen LogP contribution in [-0.2, 0) is 6.54 Å². The van der Waals surface area contributed by atoms with Gasteiger partial charge < -0.3 is 5.73 Å². The van der Waals surface area contributed by atoms with Gasteiger partial charge in [-0.3, -0.25) is 0 Å². The molecule has 2 aliphatic carbocycles. The first-order valence-electron chi connectivity index (χ1n) is 8.82. The molecule has 2 N–H and O–H groups in total. The molecule has 0 atom stereocenters. The van der Waals surface area contributed by atoms with Crippen LogP contribution in [0.1, 0.15) is 5.56 Å². The summed E-state index contributed by atoms with van der Waals surface area (Å²) in [5.41, 5.74) is 11.7. The lowest BCUT2D eigenvalue weighted by Crippen LogP contribution is -1.93. The minimum atomic E-state index is 0.515. The Bertz CT molecular complexity index is 943. The molecule has 0 aromatic heterocycles. The van der Waals surface area contributed by atoms with Crippen molar-refractivity contribution < 1.29 is 0 Å². The predicted octanol–water partition coefficient (Wildman–Crippen LogP) is 6.17. The molecule has 128 valence electrons. The van der Waals surface area contributed by atoms with Gasteiger partial charge in [-0.2, -0.15) is 0 Å². The van der Waals surface area contributed by atoms with E-state index in [4.69, 9.17) is 5.73 Å². The molecule has 1 aromatic carbocycles. The molecule has 0 unspecified atom stereocenters. The van der Waals surface area contributed by atoms with Gasteiger partial charge in [-0.1, -0.05) is 115 Å². The Balaban J connectivity index is 2.30. The van der Waals surface area contributed by atoms with E-state index in [2.05, 4.69) is 72.8 Å². The van der Waals surface area contributed by atoms with E-state index in [1.807, 2.05) is 42.5 Å². The summed E-state index contributed by atoms with van der Waals surface area (Å²) in [7, 11) is 0. The molecule has 3 rings (SSSR count). The zero-order chi connectivity index (χ0) is 18.0. The van der Waals surface area contributed by atoms with Crippen molar-refractivity contribution in [3.05, 3.63) is 121 Å². The van der Waals surface area contributed by atoms with Crippen LogP contribution in [0, 0.1) is 0 Å². The van der Waals surface area contributed by atoms with Gasteiger partial charge in [0.2, 0.25) is 0 Å². The number of hydrogen-bond acceptors (Lipinski definition) is 1. The maximum atomic E-state index is 5.81. The van der Waals surface area contributed by atoms with Crippen LogP contribution < -0.4 is 5.73 Å². The lowest BCUT2D eigenvalue weighted by Gasteiger charge is -2.09. The van der Waals surface area contributed by atoms with Gasteiger partial charge in [0, 0.05) is 6.54 Å². The van der Waals surface area contributed by atoms with Crippen LogP contribution >= 0.6 is 0 Å². The van der Waals surface area contributed by atoms with Crippen LogP contribution in [0.4, 0.5) is 0 Å². The molecule has 2 aliphatic rings. The van der Waals surface area contributed by atoms with Gasteiger partial charge in [-0.15, -0.1) is 0 Å². The second kappa shape index (κ2) is 9.36. The average molecular weight is 337 g/mol. The first-order chi connectivity index (χ1) is 12.9. The van der Waals surface area contributed by atoms with Crippen LogP contribution in [0.5, 0.6) is 0 Å². The Hall–Kier alpha value is -3.16. The molecule has 0 saturated carbocycles. The summed E-state index contributed by atoms with van der Waals surface area (Å²) in [5, 5.41) is 0. The lowest BCUT2D eigenvalue weighted by atomic mass is 9.95. The fourth-order valence-electron chi connectivity index (χ4n) is 2.84. The second-order valence-corrected chi connectivity index (χ2v) is 5.97. The van der Waals surface area contributed by atoms with E-state index < -0.39 is 0 Å². The molecule has 1 nitrogen and oxygen atoms in total. The van der Waals surface area contributed by atoms with Crippen LogP contribution in [0.3, 0.4) is 0 Å². The number of benzene rings is 1. The molecule has 0 saturated heterocycles. The minimum absolute atomic E-state index is 0.515. The van der Waals surface area contributed by atoms with Crippen LogP contribution in [0.2, 0.25) is 0 Å². The molecule has 0 amide bonds. The maximum absolute atomic E-state index is 5.81. The molecule has 0 fully saturated rings. The molecule has 2 bridgehead atoms. The highest BCUT2D eigenvalue weighted by Crippen LogP contribution is 2.31. The van der Waals surface area contributed by atoms with Crippen molar-refractivity contribution in [3.63, 3.8) is 0 Å². The zero-order valence-electron chi connectivity index (χ0n) is 14.8. The first-order valence-corrected chi connectivity index (χ1v) is 8.82. The molecular weight excluding hydrogens is 314 g/mol. The topological polar surface area (TPSA) is 26.0 Å². The second-order valence-electron chi connectivity index (χ2n) is 5.97. The minimum Gasteiger partial charge on any atom is -0.326 e. The van der Waals surface area contributed by atoms with Gasteiger partial charge in [-0.05, 0) is 27.8 Å². The summed E-state index contributed by atoms with van der Waals surface area (Å²) in [4.78, 5) is 0. The quantitative estimate of drug-likeness (QED) is 0.565. The van der Waals surface area contributed by atoms with Crippen LogP contribution in [-0.4, -0.2) is 0 Å². The lowest BCUT2D eigenvalue weighted by molar-refractivity contribution is 1.07. The Labute approximate surface area is 155 Å². The number of rotatable bonds is 1. The molecule has 26 heavy (non-hydrogen) atoms. The number of hydrogen-bond donors (Lipinski definition) is 1. The summed E-state index contributed by atoms with van der Waals surface area (Å²) in [5.74, 6) is 0. The van der Waals surface area contributed by atoms with Crippen LogP contribution in [0.25, 0.3) is 22.3 Å². The van der Waals surface area contributed by atoms with Crippen molar-refractivity contribution >= 4 is 0 Å². The monoisotopic (exact) mass is 337 g/mol. The van der Waals surface area contributed by atoms with E-state index in [0.717, 1.165) is 5.56 Å². The third kappa shape index (κ3) is 4.69. The third-order valence-electron chi connectivity index (χ3n) is 4.18. The zero-order valence-corrected chi connectivity index (χ0v) is 14.8. The van der Waals surface area contributed by atoms with Crippen LogP contribution in [0.15, 0.2) is 115 Å². The molecule has 0 radical (unpaired) electrons. The highest BCUT2D eigenvalue weighted by molar-refractivity contribution is 5.83. The summed E-state index contributed by atoms with van der Waals surface area (Å²) >= 11 is 0. The Morgan fingerprint density at radius 1 is 0.423 bits per heavy atom. The van der Waals surface area contributed by atoms with E-state index in [0.29, 0.717) is 6.54 Å². The molecular formula is C25H23N. The fourth-order valence-corrected chi connectivity index (χ4v) is 2.84. The Morgan fingerprint density at radius 2 is 0.769 bits per heavy atom. The van der Waals surface area contributed by atoms with E-state index in [-0.39, 0.29) is 0 Å². The van der Waals surface area contributed by atoms with Crippen molar-refractivity contribution in [2.24, 2.45) is 5.73 Å². The van der Waals surface area contributed by atoms with E-state index in [1.165, 1.54) is 22.3 Å². The largest absolute Gasteiger partial charge is 0.326 e. The van der Waals surface area contributed by atoms with Gasteiger partial charge in [0.15, 0.2) is 0 Å². The molecule has 1 heteroatoms. The van der Waals surface area contributed by atoms with E-state index in [9.17, 15) is 0 Å². The SMILES string of the molecule is NCc1cccccccc2ccccc(cccc1)-c1ccccc1-2. The Morgan fingerprint density at radius 3 is 1.27 bits per heavy atom. The van der Waals surface area contributed by atoms with Crippen molar-refractivity contribution in [2.75, 3.05) is 0 Å². The predicted molar refractivity (Wildman–Crippen MR) is 112 cm³/mol. The summed E-state index contributed by atoms with van der Waals surface area (Å²) in [6.07, 6.45) is 0. The molecule has 0 heterocycles. The number of nitrogens with two attached hydrogens (primary N) is 1. The fraction of sp³-hybridized carbons (Fsp3) is 0.0400. The third-order valence-corrected chi connectivity index (χ3v) is 4.18. The summed E-state index contributed by atoms with van der Waals surface area (Å²) in [6.45, 7) is 0.515. The summed E-state index contributed by atoms with van der Waals surface area (Å²) < 4.78 is 0. The van der Waals surface area contributed by atoms with Crippen molar-refractivity contribution in [2.45, 2.75) is 6.54 Å². The summed E-state index contributed by atoms with van der Waals surface area (Å²) in [6, 6.07) is 39.6. The highest BCUT2D eigenvalue weighted by atomic mass is 14.5. The van der Waals surface area contributed by atoms with Crippen molar-refractivity contribution in [3.8, 4) is 22.3 Å². The van der Waals surface area contributed by atoms with Gasteiger partial charge in [0.25, 0.3) is 0 Å². The smallest absolute Gasteiger partial charge is 0.0178 e. The molecule has 0 spiro atoms. The maximum Gasteiger partial charge on any atom is 0.0178 e. The van der Waals surface area contributed by atoms with E-state index >= 15 is 0 Å². The highest BCUT2D eigenvalue weighted by Gasteiger charge is 2.05. The van der Waals surface area contributed by atoms with Gasteiger partial charge in [0.05, 0.1) is 0 Å². The average Bonchev–Trinajstić information content (AvgIpc) is 2.66. The van der Waals surface area contributed by atoms with Gasteiger partial charge in [0.1, 0.15) is 0 Å².